The molecule has 1 aromatic rings. The van der Waals surface area contributed by atoms with E-state index in [-0.39, 0.29) is 11.8 Å². The van der Waals surface area contributed by atoms with Gasteiger partial charge in [0, 0.05) is 25.4 Å². The number of carbonyl (C=O) groups excluding carboxylic acids is 2. The smallest absolute Gasteiger partial charge is 0.253 e. The predicted molar refractivity (Wildman–Crippen MR) is 147 cm³/mol. The van der Waals surface area contributed by atoms with E-state index in [1.807, 2.05) is 13.8 Å². The molecule has 0 aromatic carbocycles. The number of nitrogens with one attached hydrogen (secondary N) is 2. The maximum atomic E-state index is 12.3. The summed E-state index contributed by atoms with van der Waals surface area (Å²) in [6, 6.07) is 3.44. The number of allylic oxidation sites excluding steroid dienone is 10. The molecular weight excluding hydrogens is 434 g/mol. The monoisotopic (exact) mass is 477 g/mol. The molecule has 0 aliphatic heterocycles. The molecule has 0 aliphatic carbocycles. The van der Waals surface area contributed by atoms with Crippen molar-refractivity contribution >= 4 is 11.8 Å². The fourth-order valence-corrected chi connectivity index (χ4v) is 3.08. The van der Waals surface area contributed by atoms with Gasteiger partial charge < -0.3 is 10.6 Å². The van der Waals surface area contributed by atoms with E-state index in [1.54, 1.807) is 18.3 Å². The van der Waals surface area contributed by atoms with Crippen molar-refractivity contribution in [3.05, 3.63) is 90.9 Å². The van der Waals surface area contributed by atoms with Gasteiger partial charge in [0.05, 0.1) is 11.1 Å². The van der Waals surface area contributed by atoms with Crippen LogP contribution >= 0.6 is 0 Å². The first-order valence-electron chi connectivity index (χ1n) is 12.7. The Morgan fingerprint density at radius 1 is 0.886 bits per heavy atom. The number of aromatic nitrogens is 1. The lowest BCUT2D eigenvalue weighted by Gasteiger charge is -2.26. The number of hydrogen-bond donors (Lipinski definition) is 2. The highest BCUT2D eigenvalue weighted by Crippen LogP contribution is 2.05. The molecule has 2 amide bonds. The number of amides is 2. The van der Waals surface area contributed by atoms with Crippen LogP contribution < -0.4 is 10.6 Å². The Morgan fingerprint density at radius 2 is 1.46 bits per heavy atom. The third kappa shape index (κ3) is 17.0. The summed E-state index contributed by atoms with van der Waals surface area (Å²) >= 11 is 0. The van der Waals surface area contributed by atoms with Gasteiger partial charge in [0.15, 0.2) is 0 Å². The summed E-state index contributed by atoms with van der Waals surface area (Å²) in [5, 5.41) is 5.85. The molecule has 0 fully saturated rings. The molecule has 0 unspecified atom stereocenters. The van der Waals surface area contributed by atoms with Crippen molar-refractivity contribution in [2.75, 3.05) is 6.54 Å². The van der Waals surface area contributed by atoms with Crippen LogP contribution in [0.15, 0.2) is 85.3 Å². The minimum atomic E-state index is -0.549. The van der Waals surface area contributed by atoms with Gasteiger partial charge in [-0.05, 0) is 70.9 Å². The van der Waals surface area contributed by atoms with Crippen LogP contribution in [-0.4, -0.2) is 28.9 Å². The molecule has 1 rings (SSSR count). The van der Waals surface area contributed by atoms with E-state index in [1.165, 1.54) is 6.20 Å². The van der Waals surface area contributed by atoms with E-state index in [0.717, 1.165) is 44.9 Å². The fraction of sp³-hybridized carbons (Fsp3) is 0.433. The Balaban J connectivity index is 2.08. The summed E-state index contributed by atoms with van der Waals surface area (Å²) in [4.78, 5) is 28.3. The lowest BCUT2D eigenvalue weighted by molar-refractivity contribution is -0.121. The molecule has 0 saturated heterocycles. The Morgan fingerprint density at radius 3 is 2.00 bits per heavy atom. The quantitative estimate of drug-likeness (QED) is 0.195. The Kier molecular flexibility index (Phi) is 16.3. The molecule has 0 bridgehead atoms. The van der Waals surface area contributed by atoms with Gasteiger partial charge >= 0.3 is 0 Å². The largest absolute Gasteiger partial charge is 0.354 e. The third-order valence-corrected chi connectivity index (χ3v) is 5.04. The average Bonchev–Trinajstić information content (AvgIpc) is 2.85. The number of carbonyl (C=O) groups is 2. The molecule has 190 valence electrons. The van der Waals surface area contributed by atoms with Gasteiger partial charge in [-0.25, -0.2) is 0 Å². The number of hydrogen-bond acceptors (Lipinski definition) is 3. The molecule has 0 aliphatic rings. The Labute approximate surface area is 212 Å². The van der Waals surface area contributed by atoms with Crippen LogP contribution in [0.3, 0.4) is 0 Å². The van der Waals surface area contributed by atoms with Crippen LogP contribution in [0.1, 0.15) is 82.5 Å². The van der Waals surface area contributed by atoms with E-state index >= 15 is 0 Å². The van der Waals surface area contributed by atoms with Crippen molar-refractivity contribution in [3.63, 3.8) is 0 Å². The minimum absolute atomic E-state index is 0.000976. The summed E-state index contributed by atoms with van der Waals surface area (Å²) in [7, 11) is 0. The van der Waals surface area contributed by atoms with Gasteiger partial charge in [-0.1, -0.05) is 67.7 Å². The SMILES string of the molecule is CC/C=C\C/C=C\C/C=C\C/C=C\C/C=C\CCCC(=O)NCC(C)(C)NC(=O)c1cccnc1. The zero-order valence-corrected chi connectivity index (χ0v) is 21.7. The van der Waals surface area contributed by atoms with Gasteiger partial charge in [-0.3, -0.25) is 14.6 Å². The summed E-state index contributed by atoms with van der Waals surface area (Å²) in [5.74, 6) is -0.197. The molecule has 1 heterocycles. The van der Waals surface area contributed by atoms with Crippen LogP contribution in [0.2, 0.25) is 0 Å². The maximum Gasteiger partial charge on any atom is 0.253 e. The fourth-order valence-electron chi connectivity index (χ4n) is 3.08. The zero-order valence-electron chi connectivity index (χ0n) is 21.7. The van der Waals surface area contributed by atoms with Crippen molar-refractivity contribution in [2.45, 2.75) is 77.7 Å². The van der Waals surface area contributed by atoms with E-state index in [9.17, 15) is 9.59 Å². The van der Waals surface area contributed by atoms with Crippen LogP contribution in [-0.2, 0) is 4.79 Å². The second-order valence-corrected chi connectivity index (χ2v) is 8.96. The first kappa shape index (κ1) is 29.8. The van der Waals surface area contributed by atoms with Crippen LogP contribution in [0.5, 0.6) is 0 Å². The van der Waals surface area contributed by atoms with E-state index in [4.69, 9.17) is 0 Å². The van der Waals surface area contributed by atoms with Crippen molar-refractivity contribution in [1.29, 1.82) is 0 Å². The lowest BCUT2D eigenvalue weighted by atomic mass is 10.0. The van der Waals surface area contributed by atoms with Crippen LogP contribution in [0.25, 0.3) is 0 Å². The van der Waals surface area contributed by atoms with Crippen molar-refractivity contribution in [3.8, 4) is 0 Å². The van der Waals surface area contributed by atoms with E-state index in [2.05, 4.69) is 83.3 Å². The van der Waals surface area contributed by atoms with Crippen LogP contribution in [0.4, 0.5) is 0 Å². The van der Waals surface area contributed by atoms with Gasteiger partial charge in [0.1, 0.15) is 0 Å². The molecule has 0 spiro atoms. The maximum absolute atomic E-state index is 12.3. The molecular formula is C30H43N3O2. The summed E-state index contributed by atoms with van der Waals surface area (Å²) < 4.78 is 0. The molecule has 5 heteroatoms. The molecule has 5 nitrogen and oxygen atoms in total. The van der Waals surface area contributed by atoms with Crippen molar-refractivity contribution in [1.82, 2.24) is 15.6 Å². The van der Waals surface area contributed by atoms with Gasteiger partial charge in [-0.15, -0.1) is 0 Å². The number of rotatable bonds is 17. The number of unbranched alkanes of at least 4 members (excludes halogenated alkanes) is 1. The molecule has 0 radical (unpaired) electrons. The molecule has 0 saturated carbocycles. The van der Waals surface area contributed by atoms with E-state index < -0.39 is 5.54 Å². The highest BCUT2D eigenvalue weighted by molar-refractivity contribution is 5.94. The third-order valence-electron chi connectivity index (χ3n) is 5.04. The standard InChI is InChI=1S/C30H43N3O2/c1-4-5-6-7-8-9-10-11-12-13-14-15-16-17-18-19-20-23-28(34)32-26-30(2,3)33-29(35)27-22-21-24-31-25-27/h5-6,8-9,11-12,14-15,17-18,21-22,24-25H,4,7,10,13,16,19-20,23,26H2,1-3H3,(H,32,34)(H,33,35)/b6-5-,9-8-,12-11-,15-14-,18-17-. The normalized spacial score (nSPS) is 12.5. The Bertz CT molecular complexity index is 865. The number of pyridine rings is 1. The van der Waals surface area contributed by atoms with E-state index in [0.29, 0.717) is 18.5 Å². The second kappa shape index (κ2) is 19.1. The Hall–Kier alpha value is -3.21. The van der Waals surface area contributed by atoms with Gasteiger partial charge in [-0.2, -0.15) is 0 Å². The highest BCUT2D eigenvalue weighted by atomic mass is 16.2. The van der Waals surface area contributed by atoms with Crippen molar-refractivity contribution < 1.29 is 9.59 Å². The second-order valence-electron chi connectivity index (χ2n) is 8.96. The van der Waals surface area contributed by atoms with Gasteiger partial charge in [0.2, 0.25) is 5.91 Å². The average molecular weight is 478 g/mol. The van der Waals surface area contributed by atoms with Gasteiger partial charge in [0.25, 0.3) is 5.91 Å². The summed E-state index contributed by atoms with van der Waals surface area (Å²) in [6.07, 6.45) is 32.1. The molecule has 2 N–H and O–H groups in total. The molecule has 1 aromatic heterocycles. The topological polar surface area (TPSA) is 71.1 Å². The predicted octanol–water partition coefficient (Wildman–Crippen LogP) is 6.63. The summed E-state index contributed by atoms with van der Waals surface area (Å²) in [5.41, 5.74) is -0.0454. The molecule has 35 heavy (non-hydrogen) atoms. The van der Waals surface area contributed by atoms with Crippen LogP contribution in [0, 0.1) is 0 Å². The first-order valence-corrected chi connectivity index (χ1v) is 12.7. The minimum Gasteiger partial charge on any atom is -0.354 e. The highest BCUT2D eigenvalue weighted by Gasteiger charge is 2.21. The van der Waals surface area contributed by atoms with Crippen molar-refractivity contribution in [2.24, 2.45) is 0 Å². The number of nitrogens with zero attached hydrogens (tertiary/aromatic N) is 1. The zero-order chi connectivity index (χ0) is 25.6. The molecule has 0 atom stereocenters. The summed E-state index contributed by atoms with van der Waals surface area (Å²) in [6.45, 7) is 6.29. The first-order chi connectivity index (χ1) is 16.9. The lowest BCUT2D eigenvalue weighted by Crippen LogP contribution is -2.51.